The van der Waals surface area contributed by atoms with E-state index in [0.717, 1.165) is 18.4 Å². The fourth-order valence-corrected chi connectivity index (χ4v) is 6.60. The van der Waals surface area contributed by atoms with Gasteiger partial charge in [0.05, 0.1) is 0 Å². The number of rotatable bonds is 2. The summed E-state index contributed by atoms with van der Waals surface area (Å²) in [6.45, 7) is 2.61. The molecule has 4 aliphatic rings. The summed E-state index contributed by atoms with van der Waals surface area (Å²) in [5.41, 5.74) is -2.11. The summed E-state index contributed by atoms with van der Waals surface area (Å²) in [6.07, 6.45) is 7.52. The molecule has 6 atom stereocenters. The smallest absolute Gasteiger partial charge is 0.195 e. The summed E-state index contributed by atoms with van der Waals surface area (Å²) in [4.78, 5) is 37.2. The van der Waals surface area contributed by atoms with Crippen molar-refractivity contribution < 1.29 is 23.9 Å². The highest BCUT2D eigenvalue weighted by Crippen LogP contribution is 2.66. The molecule has 1 N–H and O–H groups in total. The van der Waals surface area contributed by atoms with Crippen molar-refractivity contribution in [2.24, 2.45) is 28.6 Å². The molecule has 0 radical (unpaired) electrons. The number of carbonyl (C=O) groups is 3. The molecule has 0 aromatic rings. The lowest BCUT2D eigenvalue weighted by molar-refractivity contribution is -0.167. The first-order chi connectivity index (χ1) is 12.2. The van der Waals surface area contributed by atoms with E-state index in [2.05, 4.69) is 0 Å². The van der Waals surface area contributed by atoms with Crippen molar-refractivity contribution >= 4 is 17.3 Å². The number of halogens is 1. The Hall–Kier alpha value is -1.62. The van der Waals surface area contributed by atoms with Crippen LogP contribution in [0.3, 0.4) is 0 Å². The van der Waals surface area contributed by atoms with Gasteiger partial charge in [-0.15, -0.1) is 0 Å². The number of hydrogen-bond acceptors (Lipinski definition) is 4. The SMILES string of the molecule is C[C@]12C=CC(=O)C=C1CCC1C2C(=O)C[C@@]2(C)C1CC[C@]2(O)C(=O)C[18F]. The van der Waals surface area contributed by atoms with Gasteiger partial charge in [-0.2, -0.15) is 0 Å². The number of Topliss-reactive ketones (excluding diaryl/α,β-unsaturated/α-hetero) is 2. The summed E-state index contributed by atoms with van der Waals surface area (Å²) in [5, 5.41) is 11.0. The molecule has 3 unspecified atom stereocenters. The second-order valence-corrected chi connectivity index (χ2v) is 8.99. The maximum absolute atomic E-state index is 13.3. The molecule has 3 saturated carbocycles. The van der Waals surface area contributed by atoms with E-state index >= 15 is 0 Å². The maximum Gasteiger partial charge on any atom is 0.195 e. The van der Waals surface area contributed by atoms with E-state index < -0.39 is 28.9 Å². The molecule has 26 heavy (non-hydrogen) atoms. The minimum absolute atomic E-state index is 0.00935. The molecule has 5 heteroatoms. The third-order valence-corrected chi connectivity index (χ3v) is 7.99. The summed E-state index contributed by atoms with van der Waals surface area (Å²) in [6, 6.07) is 0. The lowest BCUT2D eigenvalue weighted by Gasteiger charge is -2.56. The van der Waals surface area contributed by atoms with Gasteiger partial charge in [-0.25, -0.2) is 4.39 Å². The topological polar surface area (TPSA) is 71.4 Å². The average Bonchev–Trinajstić information content (AvgIpc) is 2.86. The van der Waals surface area contributed by atoms with Crippen LogP contribution in [-0.4, -0.2) is 34.7 Å². The third kappa shape index (κ3) is 2.01. The van der Waals surface area contributed by atoms with Crippen molar-refractivity contribution in [3.8, 4) is 0 Å². The number of fused-ring (bicyclic) bond motifs is 5. The van der Waals surface area contributed by atoms with Gasteiger partial charge in [-0.3, -0.25) is 14.4 Å². The van der Waals surface area contributed by atoms with E-state index in [1.165, 1.54) is 0 Å². The van der Waals surface area contributed by atoms with Crippen molar-refractivity contribution in [1.29, 1.82) is 0 Å². The van der Waals surface area contributed by atoms with Crippen LogP contribution in [0.1, 0.15) is 46.0 Å². The van der Waals surface area contributed by atoms with Crippen molar-refractivity contribution in [3.05, 3.63) is 23.8 Å². The van der Waals surface area contributed by atoms with Gasteiger partial charge in [0, 0.05) is 23.2 Å². The van der Waals surface area contributed by atoms with Crippen molar-refractivity contribution in [3.63, 3.8) is 0 Å². The molecule has 0 aromatic heterocycles. The van der Waals surface area contributed by atoms with E-state index in [9.17, 15) is 23.9 Å². The number of hydrogen-bond donors (Lipinski definition) is 1. The van der Waals surface area contributed by atoms with Gasteiger partial charge in [0.25, 0.3) is 0 Å². The highest BCUT2D eigenvalue weighted by Gasteiger charge is 2.68. The number of aliphatic hydroxyl groups is 1. The van der Waals surface area contributed by atoms with Crippen molar-refractivity contribution in [2.45, 2.75) is 51.6 Å². The fraction of sp³-hybridized carbons (Fsp3) is 0.667. The Morgan fingerprint density at radius 3 is 2.73 bits per heavy atom. The van der Waals surface area contributed by atoms with Gasteiger partial charge in [-0.05, 0) is 49.7 Å². The molecule has 4 nitrogen and oxygen atoms in total. The molecular formula is C21H25FO4. The average molecular weight is 359 g/mol. The normalized spacial score (nSPS) is 47.1. The molecule has 0 amide bonds. The zero-order chi connectivity index (χ0) is 18.9. The Kier molecular flexibility index (Phi) is 3.72. The number of carbonyl (C=O) groups excluding carboxylic acids is 3. The van der Waals surface area contributed by atoms with Crippen molar-refractivity contribution in [1.82, 2.24) is 0 Å². The fourth-order valence-electron chi connectivity index (χ4n) is 6.60. The Balaban J connectivity index is 1.76. The van der Waals surface area contributed by atoms with E-state index in [-0.39, 0.29) is 42.2 Å². The zero-order valence-corrected chi connectivity index (χ0v) is 15.3. The van der Waals surface area contributed by atoms with Crippen LogP contribution < -0.4 is 0 Å². The third-order valence-electron chi connectivity index (χ3n) is 7.99. The monoisotopic (exact) mass is 359 g/mol. The van der Waals surface area contributed by atoms with Gasteiger partial charge in [0.1, 0.15) is 11.4 Å². The van der Waals surface area contributed by atoms with Crippen LogP contribution in [0.25, 0.3) is 0 Å². The largest absolute Gasteiger partial charge is 0.381 e. The van der Waals surface area contributed by atoms with E-state index in [1.807, 2.05) is 13.0 Å². The van der Waals surface area contributed by atoms with Crippen LogP contribution in [-0.2, 0) is 14.4 Å². The van der Waals surface area contributed by atoms with Crippen LogP contribution in [0, 0.1) is 28.6 Å². The minimum Gasteiger partial charge on any atom is -0.381 e. The van der Waals surface area contributed by atoms with Crippen LogP contribution in [0.4, 0.5) is 4.39 Å². The second kappa shape index (κ2) is 5.44. The summed E-state index contributed by atoms with van der Waals surface area (Å²) in [5.74, 6) is -0.995. The number of allylic oxidation sites excluding steroid dienone is 4. The standard InChI is InChI=1S/C21H25FO4/c1-19-7-5-13(23)9-12(19)3-4-14-15-6-8-21(26,17(25)11-22)20(15,2)10-16(24)18(14)19/h5,7,9,14-15,18,26H,3-4,6,8,10-11H2,1-2H3/t14?,15?,18?,19-,20-,21-/m0/s1/i22-1. The highest BCUT2D eigenvalue weighted by molar-refractivity contribution is 6.02. The first-order valence-corrected chi connectivity index (χ1v) is 9.46. The Morgan fingerprint density at radius 1 is 1.31 bits per heavy atom. The van der Waals surface area contributed by atoms with E-state index in [0.29, 0.717) is 6.42 Å². The minimum atomic E-state index is -1.75. The molecule has 0 spiro atoms. The summed E-state index contributed by atoms with van der Waals surface area (Å²) in [7, 11) is 0. The van der Waals surface area contributed by atoms with Crippen molar-refractivity contribution in [2.75, 3.05) is 6.67 Å². The van der Waals surface area contributed by atoms with E-state index in [4.69, 9.17) is 0 Å². The Labute approximate surface area is 152 Å². The molecule has 0 saturated heterocycles. The Bertz CT molecular complexity index is 768. The molecular weight excluding hydrogens is 334 g/mol. The summed E-state index contributed by atoms with van der Waals surface area (Å²) >= 11 is 0. The van der Waals surface area contributed by atoms with Gasteiger partial charge < -0.3 is 5.11 Å². The quantitative estimate of drug-likeness (QED) is 0.823. The van der Waals surface area contributed by atoms with Gasteiger partial charge in [0.15, 0.2) is 18.2 Å². The Morgan fingerprint density at radius 2 is 2.04 bits per heavy atom. The second-order valence-electron chi connectivity index (χ2n) is 8.99. The van der Waals surface area contributed by atoms with Crippen LogP contribution in [0.5, 0.6) is 0 Å². The number of alkyl halides is 1. The molecule has 0 aliphatic heterocycles. The lowest BCUT2D eigenvalue weighted by Crippen LogP contribution is -2.60. The molecule has 4 aliphatic carbocycles. The predicted molar refractivity (Wildman–Crippen MR) is 92.9 cm³/mol. The van der Waals surface area contributed by atoms with Gasteiger partial charge in [-0.1, -0.05) is 25.5 Å². The number of ketones is 3. The van der Waals surface area contributed by atoms with Gasteiger partial charge >= 0.3 is 0 Å². The zero-order valence-electron chi connectivity index (χ0n) is 15.3. The molecule has 0 aromatic carbocycles. The molecule has 0 bridgehead atoms. The first-order valence-electron chi connectivity index (χ1n) is 9.46. The predicted octanol–water partition coefficient (Wildman–Crippen LogP) is 2.74. The van der Waals surface area contributed by atoms with Crippen LogP contribution in [0.2, 0.25) is 0 Å². The van der Waals surface area contributed by atoms with Crippen LogP contribution in [0.15, 0.2) is 23.8 Å². The lowest BCUT2D eigenvalue weighted by atomic mass is 9.46. The van der Waals surface area contributed by atoms with Gasteiger partial charge in [0.2, 0.25) is 0 Å². The molecule has 0 heterocycles. The molecule has 4 rings (SSSR count). The maximum atomic E-state index is 13.3. The highest BCUT2D eigenvalue weighted by atomic mass is 18.2. The van der Waals surface area contributed by atoms with E-state index in [1.54, 1.807) is 19.1 Å². The summed E-state index contributed by atoms with van der Waals surface area (Å²) < 4.78 is 13.1. The molecule has 140 valence electrons. The first kappa shape index (κ1) is 17.8. The van der Waals surface area contributed by atoms with Crippen LogP contribution >= 0.6 is 0 Å². The molecule has 3 fully saturated rings.